The van der Waals surface area contributed by atoms with Crippen LogP contribution in [-0.4, -0.2) is 0 Å². The summed E-state index contributed by atoms with van der Waals surface area (Å²) >= 11 is 0. The smallest absolute Gasteiger partial charge is 0.0962 e. The van der Waals surface area contributed by atoms with E-state index in [0.29, 0.717) is 0 Å². The van der Waals surface area contributed by atoms with E-state index in [2.05, 4.69) is 139 Å². The van der Waals surface area contributed by atoms with Crippen LogP contribution in [0.15, 0.2) is 133 Å². The molecule has 0 heterocycles. The lowest BCUT2D eigenvalue weighted by Gasteiger charge is -2.39. The Hall–Kier alpha value is -3.72. The average Bonchev–Trinajstić information content (AvgIpc) is 2.88. The fourth-order valence-electron chi connectivity index (χ4n) is 4.65. The van der Waals surface area contributed by atoms with Crippen molar-refractivity contribution >= 4 is 10.8 Å². The monoisotopic (exact) mass is 414 g/mol. The molecule has 32 heavy (non-hydrogen) atoms. The van der Waals surface area contributed by atoms with Crippen molar-refractivity contribution in [3.63, 3.8) is 0 Å². The Balaban J connectivity index is 1.73. The molecule has 5 aromatic carbocycles. The molecule has 0 aliphatic rings. The Morgan fingerprint density at radius 3 is 1.47 bits per heavy atom. The molecule has 1 atom stereocenters. The minimum absolute atomic E-state index is 0.387. The summed E-state index contributed by atoms with van der Waals surface area (Å²) in [6.45, 7) is 0. The second kappa shape index (κ2) is 8.80. The molecule has 5 aromatic rings. The second-order valence-corrected chi connectivity index (χ2v) is 8.04. The highest BCUT2D eigenvalue weighted by molar-refractivity contribution is 5.86. The molecule has 0 spiro atoms. The Morgan fingerprint density at radius 1 is 0.500 bits per heavy atom. The zero-order valence-electron chi connectivity index (χ0n) is 17.9. The highest BCUT2D eigenvalue weighted by Gasteiger charge is 2.37. The van der Waals surface area contributed by atoms with Gasteiger partial charge in [0, 0.05) is 0 Å². The number of rotatable bonds is 6. The molecular formula is C30H26N2. The zero-order valence-corrected chi connectivity index (χ0v) is 17.9. The van der Waals surface area contributed by atoms with Gasteiger partial charge in [0.2, 0.25) is 0 Å². The molecule has 0 aliphatic heterocycles. The van der Waals surface area contributed by atoms with E-state index in [1.807, 2.05) is 0 Å². The van der Waals surface area contributed by atoms with Gasteiger partial charge in [-0.15, -0.1) is 0 Å². The van der Waals surface area contributed by atoms with Crippen LogP contribution in [0.25, 0.3) is 10.8 Å². The van der Waals surface area contributed by atoms with Crippen LogP contribution in [0, 0.1) is 0 Å². The van der Waals surface area contributed by atoms with E-state index in [4.69, 9.17) is 5.73 Å². The van der Waals surface area contributed by atoms with Crippen molar-refractivity contribution in [3.05, 3.63) is 156 Å². The van der Waals surface area contributed by atoms with Crippen molar-refractivity contribution in [3.8, 4) is 0 Å². The van der Waals surface area contributed by atoms with Crippen LogP contribution in [0.1, 0.15) is 28.4 Å². The van der Waals surface area contributed by atoms with Crippen LogP contribution < -0.4 is 11.1 Å². The lowest BCUT2D eigenvalue weighted by Crippen LogP contribution is -2.49. The number of nitrogens with one attached hydrogen (secondary N) is 1. The summed E-state index contributed by atoms with van der Waals surface area (Å²) in [5.74, 6) is 0. The quantitative estimate of drug-likeness (QED) is 0.250. The van der Waals surface area contributed by atoms with Crippen molar-refractivity contribution in [1.29, 1.82) is 0 Å². The van der Waals surface area contributed by atoms with E-state index in [1.54, 1.807) is 0 Å². The maximum atomic E-state index is 6.95. The number of hydrogen-bond donors (Lipinski definition) is 2. The molecule has 156 valence electrons. The van der Waals surface area contributed by atoms with Gasteiger partial charge < -0.3 is 5.73 Å². The SMILES string of the molecule is NC(NC(c1ccccc1)(c1ccccc1)c1ccccc1)c1cccc2ccccc12. The van der Waals surface area contributed by atoms with E-state index in [0.717, 1.165) is 27.6 Å². The molecule has 0 saturated carbocycles. The Kier molecular flexibility index (Phi) is 5.55. The summed E-state index contributed by atoms with van der Waals surface area (Å²) < 4.78 is 0. The fourth-order valence-corrected chi connectivity index (χ4v) is 4.65. The molecule has 0 bridgehead atoms. The first-order chi connectivity index (χ1) is 15.8. The summed E-state index contributed by atoms with van der Waals surface area (Å²) in [4.78, 5) is 0. The van der Waals surface area contributed by atoms with Crippen molar-refractivity contribution in [2.45, 2.75) is 11.7 Å². The third kappa shape index (κ3) is 3.60. The third-order valence-electron chi connectivity index (χ3n) is 6.15. The second-order valence-electron chi connectivity index (χ2n) is 8.04. The minimum atomic E-state index is -0.611. The van der Waals surface area contributed by atoms with Gasteiger partial charge in [0.1, 0.15) is 0 Å². The van der Waals surface area contributed by atoms with Gasteiger partial charge in [0.15, 0.2) is 0 Å². The van der Waals surface area contributed by atoms with Gasteiger partial charge >= 0.3 is 0 Å². The maximum absolute atomic E-state index is 6.95. The number of hydrogen-bond acceptors (Lipinski definition) is 2. The van der Waals surface area contributed by atoms with Crippen molar-refractivity contribution in [2.75, 3.05) is 0 Å². The predicted octanol–water partition coefficient (Wildman–Crippen LogP) is 6.38. The van der Waals surface area contributed by atoms with Crippen molar-refractivity contribution < 1.29 is 0 Å². The number of benzene rings is 5. The first-order valence-corrected chi connectivity index (χ1v) is 11.0. The lowest BCUT2D eigenvalue weighted by molar-refractivity contribution is 0.405. The molecule has 0 amide bonds. The number of fused-ring (bicyclic) bond motifs is 1. The van der Waals surface area contributed by atoms with Crippen molar-refractivity contribution in [1.82, 2.24) is 5.32 Å². The van der Waals surface area contributed by atoms with Crippen LogP contribution in [0.4, 0.5) is 0 Å². The summed E-state index contributed by atoms with van der Waals surface area (Å²) in [7, 11) is 0. The highest BCUT2D eigenvalue weighted by Crippen LogP contribution is 2.38. The van der Waals surface area contributed by atoms with Gasteiger partial charge in [0.25, 0.3) is 0 Å². The first kappa shape index (κ1) is 20.2. The van der Waals surface area contributed by atoms with E-state index < -0.39 is 5.54 Å². The molecule has 0 radical (unpaired) electrons. The van der Waals surface area contributed by atoms with E-state index in [1.165, 1.54) is 5.39 Å². The maximum Gasteiger partial charge on any atom is 0.0962 e. The Morgan fingerprint density at radius 2 is 0.938 bits per heavy atom. The summed E-state index contributed by atoms with van der Waals surface area (Å²) in [5.41, 5.74) is 10.9. The third-order valence-corrected chi connectivity index (χ3v) is 6.15. The molecule has 2 nitrogen and oxygen atoms in total. The van der Waals surface area contributed by atoms with E-state index in [9.17, 15) is 0 Å². The molecule has 0 aliphatic carbocycles. The standard InChI is InChI=1S/C30H26N2/c31-29(28-22-12-14-23-13-10-11-21-27(23)28)32-30(24-15-4-1-5-16-24,25-17-6-2-7-18-25)26-19-8-3-9-20-26/h1-22,29,32H,31H2. The van der Waals surface area contributed by atoms with Gasteiger partial charge in [-0.1, -0.05) is 133 Å². The first-order valence-electron chi connectivity index (χ1n) is 11.0. The van der Waals surface area contributed by atoms with Crippen LogP contribution in [0.5, 0.6) is 0 Å². The average molecular weight is 415 g/mol. The van der Waals surface area contributed by atoms with Gasteiger partial charge in [-0.05, 0) is 33.0 Å². The Bertz CT molecular complexity index is 1200. The zero-order chi connectivity index (χ0) is 21.8. The van der Waals surface area contributed by atoms with Gasteiger partial charge in [-0.2, -0.15) is 0 Å². The van der Waals surface area contributed by atoms with Gasteiger partial charge in [-0.25, -0.2) is 0 Å². The molecular weight excluding hydrogens is 388 g/mol. The van der Waals surface area contributed by atoms with E-state index >= 15 is 0 Å². The topological polar surface area (TPSA) is 38.0 Å². The highest BCUT2D eigenvalue weighted by atomic mass is 15.1. The largest absolute Gasteiger partial charge is 0.312 e. The fraction of sp³-hybridized carbons (Fsp3) is 0.0667. The molecule has 1 unspecified atom stereocenters. The van der Waals surface area contributed by atoms with E-state index in [-0.39, 0.29) is 6.17 Å². The molecule has 5 rings (SSSR count). The van der Waals surface area contributed by atoms with Crippen LogP contribution >= 0.6 is 0 Å². The summed E-state index contributed by atoms with van der Waals surface area (Å²) in [5, 5.41) is 6.22. The van der Waals surface area contributed by atoms with Gasteiger partial charge in [-0.3, -0.25) is 5.32 Å². The summed E-state index contributed by atoms with van der Waals surface area (Å²) in [6, 6.07) is 46.4. The molecule has 0 fully saturated rings. The Labute approximate surface area is 189 Å². The van der Waals surface area contributed by atoms with Crippen LogP contribution in [0.3, 0.4) is 0 Å². The molecule has 0 aromatic heterocycles. The summed E-state index contributed by atoms with van der Waals surface area (Å²) in [6.07, 6.45) is -0.387. The molecule has 0 saturated heterocycles. The predicted molar refractivity (Wildman–Crippen MR) is 133 cm³/mol. The van der Waals surface area contributed by atoms with Crippen LogP contribution in [0.2, 0.25) is 0 Å². The van der Waals surface area contributed by atoms with Crippen molar-refractivity contribution in [2.24, 2.45) is 5.73 Å². The minimum Gasteiger partial charge on any atom is -0.312 e. The van der Waals surface area contributed by atoms with Crippen LogP contribution in [-0.2, 0) is 5.54 Å². The number of nitrogens with two attached hydrogens (primary N) is 1. The molecule has 3 N–H and O–H groups in total. The lowest BCUT2D eigenvalue weighted by atomic mass is 9.76. The molecule has 2 heteroatoms. The normalized spacial score (nSPS) is 12.5. The van der Waals surface area contributed by atoms with Gasteiger partial charge in [0.05, 0.1) is 11.7 Å².